The molecule has 0 unspecified atom stereocenters. The second kappa shape index (κ2) is 8.44. The number of amides is 2. The van der Waals surface area contributed by atoms with Crippen LogP contribution < -0.4 is 14.5 Å². The Bertz CT molecular complexity index is 1160. The van der Waals surface area contributed by atoms with E-state index in [-0.39, 0.29) is 11.3 Å². The molecular weight excluding hydrogens is 395 g/mol. The number of carbonyl (C=O) groups is 2. The number of para-hydroxylation sites is 3. The van der Waals surface area contributed by atoms with Crippen LogP contribution in [0.1, 0.15) is 12.5 Å². The van der Waals surface area contributed by atoms with Gasteiger partial charge in [0, 0.05) is 12.2 Å². The van der Waals surface area contributed by atoms with Crippen LogP contribution in [0.15, 0.2) is 84.6 Å². The van der Waals surface area contributed by atoms with Crippen molar-refractivity contribution in [2.75, 3.05) is 23.5 Å². The summed E-state index contributed by atoms with van der Waals surface area (Å²) in [6.07, 6.45) is 0. The van der Waals surface area contributed by atoms with Crippen molar-refractivity contribution in [2.45, 2.75) is 6.92 Å². The number of anilines is 2. The van der Waals surface area contributed by atoms with Crippen molar-refractivity contribution in [1.29, 1.82) is 0 Å². The molecule has 0 aliphatic carbocycles. The van der Waals surface area contributed by atoms with Gasteiger partial charge in [0.1, 0.15) is 17.3 Å². The molecule has 0 aromatic heterocycles. The lowest BCUT2D eigenvalue weighted by atomic mass is 10.0. The molecule has 4 rings (SSSR count). The highest BCUT2D eigenvalue weighted by atomic mass is 19.1. The van der Waals surface area contributed by atoms with Gasteiger partial charge >= 0.3 is 0 Å². The van der Waals surface area contributed by atoms with Crippen molar-refractivity contribution in [3.8, 4) is 5.75 Å². The van der Waals surface area contributed by atoms with E-state index in [4.69, 9.17) is 4.74 Å². The average molecular weight is 416 g/mol. The van der Waals surface area contributed by atoms with Crippen molar-refractivity contribution in [1.82, 2.24) is 0 Å². The van der Waals surface area contributed by atoms with Crippen LogP contribution in [0.25, 0.3) is 5.57 Å². The molecule has 0 radical (unpaired) electrons. The highest BCUT2D eigenvalue weighted by molar-refractivity contribution is 6.46. The summed E-state index contributed by atoms with van der Waals surface area (Å²) >= 11 is 0. The van der Waals surface area contributed by atoms with E-state index in [2.05, 4.69) is 0 Å². The third-order valence-corrected chi connectivity index (χ3v) is 5.17. The molecule has 0 saturated heterocycles. The maximum Gasteiger partial charge on any atom is 0.282 e. The lowest BCUT2D eigenvalue weighted by molar-refractivity contribution is -0.120. The first kappa shape index (κ1) is 20.3. The molecule has 5 nitrogen and oxygen atoms in total. The second-order valence-electron chi connectivity index (χ2n) is 6.93. The van der Waals surface area contributed by atoms with E-state index >= 15 is 0 Å². The molecule has 3 aromatic carbocycles. The fourth-order valence-corrected chi connectivity index (χ4v) is 3.76. The topological polar surface area (TPSA) is 49.9 Å². The van der Waals surface area contributed by atoms with E-state index in [0.717, 1.165) is 10.6 Å². The lowest BCUT2D eigenvalue weighted by Crippen LogP contribution is -2.35. The zero-order valence-corrected chi connectivity index (χ0v) is 17.2. The van der Waals surface area contributed by atoms with Crippen LogP contribution in [0.5, 0.6) is 5.75 Å². The van der Waals surface area contributed by atoms with Gasteiger partial charge in [-0.25, -0.2) is 9.29 Å². The molecule has 1 heterocycles. The highest BCUT2D eigenvalue weighted by Crippen LogP contribution is 2.39. The Labute approximate surface area is 180 Å². The van der Waals surface area contributed by atoms with Crippen molar-refractivity contribution < 1.29 is 18.7 Å². The Morgan fingerprint density at radius 1 is 0.871 bits per heavy atom. The molecule has 31 heavy (non-hydrogen) atoms. The van der Waals surface area contributed by atoms with Gasteiger partial charge in [0.2, 0.25) is 0 Å². The van der Waals surface area contributed by atoms with Crippen molar-refractivity contribution in [3.05, 3.63) is 95.9 Å². The van der Waals surface area contributed by atoms with Crippen LogP contribution >= 0.6 is 0 Å². The SMILES string of the molecule is CCN(C1=C(c2ccc(F)cc2)C(=O)N(c2ccccc2OC)C1=O)c1ccccc1. The fourth-order valence-electron chi connectivity index (χ4n) is 3.76. The number of imide groups is 1. The third kappa shape index (κ3) is 3.57. The molecule has 0 bridgehead atoms. The average Bonchev–Trinajstić information content (AvgIpc) is 3.05. The fraction of sp³-hybridized carbons (Fsp3) is 0.120. The van der Waals surface area contributed by atoms with Gasteiger partial charge in [0.25, 0.3) is 11.8 Å². The Hall–Kier alpha value is -3.93. The highest BCUT2D eigenvalue weighted by Gasteiger charge is 2.43. The van der Waals surface area contributed by atoms with Crippen molar-refractivity contribution >= 4 is 28.8 Å². The van der Waals surface area contributed by atoms with Crippen LogP contribution in [-0.4, -0.2) is 25.5 Å². The maximum atomic E-state index is 13.7. The molecule has 0 saturated carbocycles. The van der Waals surface area contributed by atoms with E-state index in [0.29, 0.717) is 23.5 Å². The van der Waals surface area contributed by atoms with Gasteiger partial charge < -0.3 is 9.64 Å². The Kier molecular flexibility index (Phi) is 5.54. The van der Waals surface area contributed by atoms with Gasteiger partial charge in [0.15, 0.2) is 0 Å². The summed E-state index contributed by atoms with van der Waals surface area (Å²) in [6, 6.07) is 21.8. The second-order valence-corrected chi connectivity index (χ2v) is 6.93. The van der Waals surface area contributed by atoms with E-state index in [1.807, 2.05) is 37.3 Å². The van der Waals surface area contributed by atoms with Gasteiger partial charge in [-0.15, -0.1) is 0 Å². The molecule has 0 fully saturated rings. The predicted molar refractivity (Wildman–Crippen MR) is 118 cm³/mol. The number of ether oxygens (including phenoxy) is 1. The lowest BCUT2D eigenvalue weighted by Gasteiger charge is -2.25. The van der Waals surface area contributed by atoms with E-state index in [1.165, 1.54) is 31.4 Å². The van der Waals surface area contributed by atoms with Crippen molar-refractivity contribution in [2.24, 2.45) is 0 Å². The number of nitrogens with zero attached hydrogens (tertiary/aromatic N) is 2. The monoisotopic (exact) mass is 416 g/mol. The summed E-state index contributed by atoms with van der Waals surface area (Å²) in [6.45, 7) is 2.37. The number of rotatable bonds is 6. The molecule has 3 aromatic rings. The Balaban J connectivity index is 1.92. The van der Waals surface area contributed by atoms with Gasteiger partial charge in [0.05, 0.1) is 18.4 Å². The number of carbonyl (C=O) groups excluding carboxylic acids is 2. The van der Waals surface area contributed by atoms with Gasteiger partial charge in [-0.1, -0.05) is 42.5 Å². The zero-order valence-electron chi connectivity index (χ0n) is 17.2. The first-order valence-corrected chi connectivity index (χ1v) is 9.91. The van der Waals surface area contributed by atoms with Crippen LogP contribution in [-0.2, 0) is 9.59 Å². The number of benzene rings is 3. The third-order valence-electron chi connectivity index (χ3n) is 5.17. The number of halogens is 1. The van der Waals surface area contributed by atoms with Crippen LogP contribution in [0, 0.1) is 5.82 Å². The van der Waals surface area contributed by atoms with E-state index in [9.17, 15) is 14.0 Å². The minimum atomic E-state index is -0.481. The first-order valence-electron chi connectivity index (χ1n) is 9.91. The van der Waals surface area contributed by atoms with Crippen LogP contribution in [0.2, 0.25) is 0 Å². The van der Waals surface area contributed by atoms with Crippen LogP contribution in [0.4, 0.5) is 15.8 Å². The zero-order chi connectivity index (χ0) is 22.0. The normalized spacial score (nSPS) is 13.7. The maximum absolute atomic E-state index is 13.7. The predicted octanol–water partition coefficient (Wildman–Crippen LogP) is 4.65. The standard InChI is InChI=1S/C25H21FN2O3/c1-3-27(19-9-5-4-6-10-19)23-22(17-13-15-18(26)16-14-17)24(29)28(25(23)30)20-11-7-8-12-21(20)31-2/h4-16H,3H2,1-2H3. The first-order chi connectivity index (χ1) is 15.1. The summed E-state index contributed by atoms with van der Waals surface area (Å²) in [7, 11) is 1.49. The van der Waals surface area contributed by atoms with E-state index in [1.54, 1.807) is 29.2 Å². The molecular formula is C25H21FN2O3. The summed E-state index contributed by atoms with van der Waals surface area (Å²) in [5, 5.41) is 0. The Morgan fingerprint density at radius 2 is 1.52 bits per heavy atom. The van der Waals surface area contributed by atoms with E-state index < -0.39 is 17.6 Å². The molecule has 0 N–H and O–H groups in total. The largest absolute Gasteiger partial charge is 0.495 e. The molecule has 6 heteroatoms. The molecule has 2 amide bonds. The van der Waals surface area contributed by atoms with Gasteiger partial charge in [-0.05, 0) is 48.9 Å². The quantitative estimate of drug-likeness (QED) is 0.549. The minimum Gasteiger partial charge on any atom is -0.495 e. The smallest absolute Gasteiger partial charge is 0.282 e. The molecule has 0 spiro atoms. The number of hydrogen-bond acceptors (Lipinski definition) is 4. The van der Waals surface area contributed by atoms with Crippen LogP contribution in [0.3, 0.4) is 0 Å². The molecule has 1 aliphatic rings. The summed E-state index contributed by atoms with van der Waals surface area (Å²) in [4.78, 5) is 30.2. The summed E-state index contributed by atoms with van der Waals surface area (Å²) in [5.74, 6) is -0.948. The minimum absolute atomic E-state index is 0.224. The summed E-state index contributed by atoms with van der Waals surface area (Å²) in [5.41, 5.74) is 2.08. The molecule has 0 atom stereocenters. The molecule has 156 valence electrons. The number of hydrogen-bond donors (Lipinski definition) is 0. The summed E-state index contributed by atoms with van der Waals surface area (Å²) < 4.78 is 19.0. The Morgan fingerprint density at radius 3 is 2.16 bits per heavy atom. The molecule has 1 aliphatic heterocycles. The number of methoxy groups -OCH3 is 1. The number of likely N-dealkylation sites (N-methyl/N-ethyl adjacent to an activating group) is 1. The van der Waals surface area contributed by atoms with Gasteiger partial charge in [-0.2, -0.15) is 0 Å². The van der Waals surface area contributed by atoms with Crippen molar-refractivity contribution in [3.63, 3.8) is 0 Å². The van der Waals surface area contributed by atoms with Gasteiger partial charge in [-0.3, -0.25) is 9.59 Å².